The van der Waals surface area contributed by atoms with Gasteiger partial charge in [-0.25, -0.2) is 19.7 Å². The van der Waals surface area contributed by atoms with E-state index in [4.69, 9.17) is 12.2 Å². The van der Waals surface area contributed by atoms with Crippen molar-refractivity contribution in [1.82, 2.24) is 20.3 Å². The Morgan fingerprint density at radius 3 is 2.86 bits per heavy atom. The van der Waals surface area contributed by atoms with E-state index in [9.17, 15) is 9.59 Å². The van der Waals surface area contributed by atoms with Crippen molar-refractivity contribution in [1.29, 1.82) is 0 Å². The van der Waals surface area contributed by atoms with E-state index in [1.54, 1.807) is 18.3 Å². The van der Waals surface area contributed by atoms with Crippen LogP contribution in [0, 0.1) is 26.2 Å². The van der Waals surface area contributed by atoms with E-state index in [1.165, 1.54) is 0 Å². The Hall–Kier alpha value is -3.67. The number of terminal acetylenes is 1. The van der Waals surface area contributed by atoms with Crippen molar-refractivity contribution < 1.29 is 9.59 Å². The maximum atomic E-state index is 12.3. The zero-order valence-electron chi connectivity index (χ0n) is 15.7. The number of carbonyl (C=O) groups excluding carboxylic acids is 2. The fraction of sp³-hybridized carbons (Fsp3) is 0.316. The lowest BCUT2D eigenvalue weighted by Gasteiger charge is -2.21. The second kappa shape index (κ2) is 7.92. The lowest BCUT2D eigenvalue weighted by atomic mass is 10.2. The van der Waals surface area contributed by atoms with E-state index in [-0.39, 0.29) is 17.9 Å². The zero-order valence-corrected chi connectivity index (χ0v) is 15.7. The molecule has 0 saturated carbocycles. The van der Waals surface area contributed by atoms with Gasteiger partial charge in [0.25, 0.3) is 5.91 Å². The molecule has 144 valence electrons. The number of primary amides is 1. The maximum absolute atomic E-state index is 12.3. The van der Waals surface area contributed by atoms with Gasteiger partial charge in [-0.15, -0.1) is 6.42 Å². The molecule has 9 heteroatoms. The topological polar surface area (TPSA) is 126 Å². The number of carbonyl (C=O) groups is 2. The molecule has 0 unspecified atom stereocenters. The minimum Gasteiger partial charge on any atom is -0.363 e. The lowest BCUT2D eigenvalue weighted by molar-refractivity contribution is 0.0990. The first-order valence-corrected chi connectivity index (χ1v) is 8.77. The molecule has 2 aromatic heterocycles. The number of aryl methyl sites for hydroxylation is 1. The highest BCUT2D eigenvalue weighted by molar-refractivity contribution is 5.89. The van der Waals surface area contributed by atoms with Gasteiger partial charge in [0.2, 0.25) is 5.82 Å². The van der Waals surface area contributed by atoms with Crippen LogP contribution in [0.15, 0.2) is 18.3 Å². The minimum atomic E-state index is -0.667. The number of hydrogen-bond acceptors (Lipinski definition) is 6. The van der Waals surface area contributed by atoms with Gasteiger partial charge in [-0.3, -0.25) is 10.1 Å². The van der Waals surface area contributed by atoms with Crippen LogP contribution in [-0.4, -0.2) is 46.0 Å². The molecule has 1 atom stereocenters. The summed E-state index contributed by atoms with van der Waals surface area (Å²) >= 11 is 0. The van der Waals surface area contributed by atoms with Crippen molar-refractivity contribution in [2.75, 3.05) is 23.3 Å². The van der Waals surface area contributed by atoms with Gasteiger partial charge >= 0.3 is 6.03 Å². The van der Waals surface area contributed by atoms with E-state index >= 15 is 0 Å². The van der Waals surface area contributed by atoms with Gasteiger partial charge in [0.15, 0.2) is 0 Å². The molecule has 0 spiro atoms. The molecule has 28 heavy (non-hydrogen) atoms. The summed E-state index contributed by atoms with van der Waals surface area (Å²) in [5.41, 5.74) is 7.54. The van der Waals surface area contributed by atoms with E-state index in [0.29, 0.717) is 36.0 Å². The van der Waals surface area contributed by atoms with Gasteiger partial charge in [-0.1, -0.05) is 5.92 Å². The van der Waals surface area contributed by atoms with Crippen LogP contribution in [0.5, 0.6) is 0 Å². The molecule has 4 N–H and O–H groups in total. The Morgan fingerprint density at radius 1 is 1.36 bits per heavy atom. The Labute approximate surface area is 162 Å². The lowest BCUT2D eigenvalue weighted by Crippen LogP contribution is -2.40. The summed E-state index contributed by atoms with van der Waals surface area (Å²) in [5, 5.41) is 5.60. The van der Waals surface area contributed by atoms with Crippen molar-refractivity contribution >= 4 is 23.6 Å². The van der Waals surface area contributed by atoms with Gasteiger partial charge < -0.3 is 16.0 Å². The number of hydrogen-bond donors (Lipinski definition) is 3. The Morgan fingerprint density at radius 2 is 2.14 bits per heavy atom. The first kappa shape index (κ1) is 19.1. The van der Waals surface area contributed by atoms with E-state index in [1.807, 2.05) is 18.7 Å². The van der Waals surface area contributed by atoms with Crippen molar-refractivity contribution in [2.45, 2.75) is 26.3 Å². The van der Waals surface area contributed by atoms with Gasteiger partial charge in [0.05, 0.1) is 0 Å². The standard InChI is InChI=1S/C19H21N7O2/c1-4-13-5-7-21-15(9-13)24-19(28)23-14-6-8-26(10-14)18-11(2)12(3)22-17(25-18)16(20)27/h1,5,7,9,14H,6,8,10H2,2-3H3,(H2,20,27)(H2,21,23,24,28)/t14-/m1/s1. The van der Waals surface area contributed by atoms with E-state index in [0.717, 1.165) is 12.0 Å². The fourth-order valence-electron chi connectivity index (χ4n) is 3.03. The molecule has 3 heterocycles. The first-order chi connectivity index (χ1) is 13.4. The molecule has 9 nitrogen and oxygen atoms in total. The van der Waals surface area contributed by atoms with Crippen molar-refractivity contribution in [3.8, 4) is 12.3 Å². The number of nitrogens with two attached hydrogens (primary N) is 1. The van der Waals surface area contributed by atoms with Crippen LogP contribution in [0.25, 0.3) is 0 Å². The molecule has 0 radical (unpaired) electrons. The summed E-state index contributed by atoms with van der Waals surface area (Å²) in [6.07, 6.45) is 7.63. The average molecular weight is 379 g/mol. The van der Waals surface area contributed by atoms with E-state index in [2.05, 4.69) is 31.5 Å². The summed E-state index contributed by atoms with van der Waals surface area (Å²) in [4.78, 5) is 38.2. The van der Waals surface area contributed by atoms with Crippen LogP contribution in [0.4, 0.5) is 16.4 Å². The summed E-state index contributed by atoms with van der Waals surface area (Å²) in [5.74, 6) is 2.87. The number of pyridine rings is 1. The molecule has 1 aliphatic rings. The third kappa shape index (κ3) is 4.17. The van der Waals surface area contributed by atoms with E-state index < -0.39 is 5.91 Å². The molecule has 1 aliphatic heterocycles. The summed E-state index contributed by atoms with van der Waals surface area (Å²) < 4.78 is 0. The first-order valence-electron chi connectivity index (χ1n) is 8.77. The third-order valence-corrected chi connectivity index (χ3v) is 4.58. The van der Waals surface area contributed by atoms with Crippen LogP contribution in [0.3, 0.4) is 0 Å². The van der Waals surface area contributed by atoms with Gasteiger partial charge in [0.1, 0.15) is 11.6 Å². The summed E-state index contributed by atoms with van der Waals surface area (Å²) in [6.45, 7) is 4.95. The van der Waals surface area contributed by atoms with Gasteiger partial charge in [0, 0.05) is 42.1 Å². The molecular weight excluding hydrogens is 358 g/mol. The predicted octanol–water partition coefficient (Wildman–Crippen LogP) is 0.969. The molecule has 1 fully saturated rings. The fourth-order valence-corrected chi connectivity index (χ4v) is 3.03. The molecule has 2 aromatic rings. The average Bonchev–Trinajstić information content (AvgIpc) is 3.11. The Balaban J connectivity index is 1.65. The molecule has 0 aliphatic carbocycles. The number of amides is 3. The molecular formula is C19H21N7O2. The predicted molar refractivity (Wildman–Crippen MR) is 105 cm³/mol. The van der Waals surface area contributed by atoms with Crippen LogP contribution in [0.2, 0.25) is 0 Å². The molecule has 0 aromatic carbocycles. The maximum Gasteiger partial charge on any atom is 0.320 e. The quantitative estimate of drug-likeness (QED) is 0.680. The number of nitrogens with one attached hydrogen (secondary N) is 2. The van der Waals surface area contributed by atoms with Crippen molar-refractivity contribution in [2.24, 2.45) is 5.73 Å². The second-order valence-corrected chi connectivity index (χ2v) is 6.55. The van der Waals surface area contributed by atoms with Crippen molar-refractivity contribution in [3.05, 3.63) is 41.0 Å². The second-order valence-electron chi connectivity index (χ2n) is 6.55. The highest BCUT2D eigenvalue weighted by Gasteiger charge is 2.27. The summed E-state index contributed by atoms with van der Waals surface area (Å²) in [6, 6.07) is 2.87. The number of rotatable bonds is 4. The number of aromatic nitrogens is 3. The van der Waals surface area contributed by atoms with Crippen LogP contribution in [0.1, 0.15) is 33.9 Å². The minimum absolute atomic E-state index is 0.00767. The highest BCUT2D eigenvalue weighted by Crippen LogP contribution is 2.24. The largest absolute Gasteiger partial charge is 0.363 e. The number of nitrogens with zero attached hydrogens (tertiary/aromatic N) is 4. The van der Waals surface area contributed by atoms with Crippen LogP contribution < -0.4 is 21.3 Å². The Bertz CT molecular complexity index is 967. The smallest absolute Gasteiger partial charge is 0.320 e. The Kier molecular flexibility index (Phi) is 5.40. The van der Waals surface area contributed by atoms with Crippen LogP contribution >= 0.6 is 0 Å². The third-order valence-electron chi connectivity index (χ3n) is 4.58. The molecule has 3 rings (SSSR count). The van der Waals surface area contributed by atoms with Gasteiger partial charge in [-0.2, -0.15) is 0 Å². The molecule has 0 bridgehead atoms. The van der Waals surface area contributed by atoms with Gasteiger partial charge in [-0.05, 0) is 32.4 Å². The molecule has 1 saturated heterocycles. The van der Waals surface area contributed by atoms with Crippen molar-refractivity contribution in [3.63, 3.8) is 0 Å². The zero-order chi connectivity index (χ0) is 20.3. The SMILES string of the molecule is C#Cc1ccnc(NC(=O)N[C@@H]2CCN(c3nc(C(N)=O)nc(C)c3C)C2)c1. The van der Waals surface area contributed by atoms with Crippen LogP contribution in [-0.2, 0) is 0 Å². The number of urea groups is 1. The highest BCUT2D eigenvalue weighted by atomic mass is 16.2. The molecule has 3 amide bonds. The summed E-state index contributed by atoms with van der Waals surface area (Å²) in [7, 11) is 0. The normalized spacial score (nSPS) is 15.8. The number of anilines is 2. The monoisotopic (exact) mass is 379 g/mol.